The first-order valence-corrected chi connectivity index (χ1v) is 9.90. The average molecular weight is 543 g/mol. The third-order valence-corrected chi connectivity index (χ3v) is 4.64. The Hall–Kier alpha value is -2.63. The molecule has 0 bridgehead atoms. The summed E-state index contributed by atoms with van der Waals surface area (Å²) in [5.74, 6) is 0.960. The minimum absolute atomic E-state index is 0. The summed E-state index contributed by atoms with van der Waals surface area (Å²) in [6.45, 7) is 3.81. The lowest BCUT2D eigenvalue weighted by Gasteiger charge is -2.31. The molecule has 2 heterocycles. The zero-order chi connectivity index (χ0) is 21.3. The fourth-order valence-corrected chi connectivity index (χ4v) is 3.04. The van der Waals surface area contributed by atoms with Gasteiger partial charge in [-0.2, -0.15) is 0 Å². The number of hydrogen-bond donors (Lipinski definition) is 2. The number of nitrogens with one attached hydrogen (secondary N) is 1. The highest BCUT2D eigenvalue weighted by Crippen LogP contribution is 2.19. The summed E-state index contributed by atoms with van der Waals surface area (Å²) in [7, 11) is 0. The molecule has 1 aliphatic rings. The maximum absolute atomic E-state index is 12.9. The number of pyridine rings is 1. The molecule has 1 aromatic heterocycles. The number of amides is 1. The predicted octanol–water partition coefficient (Wildman–Crippen LogP) is 3.66. The van der Waals surface area contributed by atoms with E-state index in [0.717, 1.165) is 18.4 Å². The van der Waals surface area contributed by atoms with E-state index in [1.807, 2.05) is 6.07 Å². The minimum Gasteiger partial charge on any atom is -0.450 e. The first-order chi connectivity index (χ1) is 14.5. The normalized spacial score (nSPS) is 14.5. The summed E-state index contributed by atoms with van der Waals surface area (Å²) in [5.41, 5.74) is 6.87. The summed E-state index contributed by atoms with van der Waals surface area (Å²) in [6, 6.07) is 9.48. The number of nitrogens with two attached hydrogens (primary N) is 1. The Morgan fingerprint density at radius 2 is 1.97 bits per heavy atom. The van der Waals surface area contributed by atoms with Gasteiger partial charge in [0.25, 0.3) is 0 Å². The maximum atomic E-state index is 12.9. The topological polar surface area (TPSA) is 102 Å². The van der Waals surface area contributed by atoms with Crippen LogP contribution >= 0.6 is 24.0 Å². The zero-order valence-corrected chi connectivity index (χ0v) is 19.6. The van der Waals surface area contributed by atoms with Gasteiger partial charge < -0.3 is 25.4 Å². The van der Waals surface area contributed by atoms with Crippen LogP contribution in [0.5, 0.6) is 11.6 Å². The lowest BCUT2D eigenvalue weighted by atomic mass is 10.1. The Morgan fingerprint density at radius 1 is 1.26 bits per heavy atom. The Kier molecular flexibility index (Phi) is 9.76. The van der Waals surface area contributed by atoms with Gasteiger partial charge in [0, 0.05) is 31.4 Å². The van der Waals surface area contributed by atoms with Crippen molar-refractivity contribution < 1.29 is 18.7 Å². The first kappa shape index (κ1) is 24.6. The van der Waals surface area contributed by atoms with Gasteiger partial charge in [0.05, 0.1) is 13.2 Å². The molecule has 0 radical (unpaired) electrons. The molecule has 0 spiro atoms. The summed E-state index contributed by atoms with van der Waals surface area (Å²) < 4.78 is 23.5. The molecular weight excluding hydrogens is 516 g/mol. The fraction of sp³-hybridized carbons (Fsp3) is 0.381. The van der Waals surface area contributed by atoms with Crippen molar-refractivity contribution in [3.05, 3.63) is 54.0 Å². The van der Waals surface area contributed by atoms with Crippen molar-refractivity contribution in [1.82, 2.24) is 15.2 Å². The monoisotopic (exact) mass is 543 g/mol. The fourth-order valence-electron chi connectivity index (χ4n) is 3.04. The largest absolute Gasteiger partial charge is 0.450 e. The number of benzene rings is 1. The Morgan fingerprint density at radius 3 is 2.58 bits per heavy atom. The van der Waals surface area contributed by atoms with Crippen LogP contribution < -0.4 is 15.8 Å². The van der Waals surface area contributed by atoms with Gasteiger partial charge >= 0.3 is 6.09 Å². The molecule has 0 unspecified atom stereocenters. The van der Waals surface area contributed by atoms with E-state index in [2.05, 4.69) is 15.3 Å². The van der Waals surface area contributed by atoms with Gasteiger partial charge in [-0.25, -0.2) is 19.2 Å². The highest BCUT2D eigenvalue weighted by Gasteiger charge is 2.23. The van der Waals surface area contributed by atoms with E-state index >= 15 is 0 Å². The minimum atomic E-state index is -0.320. The summed E-state index contributed by atoms with van der Waals surface area (Å²) >= 11 is 0. The van der Waals surface area contributed by atoms with Gasteiger partial charge in [-0.3, -0.25) is 0 Å². The van der Waals surface area contributed by atoms with Crippen molar-refractivity contribution >= 4 is 36.0 Å². The summed E-state index contributed by atoms with van der Waals surface area (Å²) in [5, 5.41) is 3.20. The molecule has 3 N–H and O–H groups in total. The lowest BCUT2D eigenvalue weighted by molar-refractivity contribution is 0.0963. The number of halogens is 2. The van der Waals surface area contributed by atoms with E-state index in [1.54, 1.807) is 36.2 Å². The zero-order valence-electron chi connectivity index (χ0n) is 17.3. The number of likely N-dealkylation sites (tertiary alicyclic amines) is 1. The number of aromatic nitrogens is 1. The molecule has 168 valence electrons. The highest BCUT2D eigenvalue weighted by molar-refractivity contribution is 14.0. The molecular formula is C21H27FIN5O3. The molecule has 1 amide bonds. The molecule has 0 saturated carbocycles. The van der Waals surface area contributed by atoms with Crippen molar-refractivity contribution in [2.75, 3.05) is 19.7 Å². The second-order valence-corrected chi connectivity index (χ2v) is 6.87. The smallest absolute Gasteiger partial charge is 0.409 e. The number of carbonyl (C=O) groups is 1. The van der Waals surface area contributed by atoms with Crippen LogP contribution in [0.25, 0.3) is 0 Å². The van der Waals surface area contributed by atoms with Crippen LogP contribution in [0.15, 0.2) is 47.6 Å². The summed E-state index contributed by atoms with van der Waals surface area (Å²) in [4.78, 5) is 22.0. The number of rotatable bonds is 6. The molecule has 1 saturated heterocycles. The molecule has 0 aliphatic carbocycles. The molecule has 3 rings (SSSR count). The number of carbonyl (C=O) groups excluding carboxylic acids is 1. The first-order valence-electron chi connectivity index (χ1n) is 9.90. The van der Waals surface area contributed by atoms with Crippen LogP contribution in [0.1, 0.15) is 25.3 Å². The van der Waals surface area contributed by atoms with Crippen molar-refractivity contribution in [2.45, 2.75) is 32.4 Å². The maximum Gasteiger partial charge on any atom is 0.409 e. The van der Waals surface area contributed by atoms with Crippen LogP contribution in [0, 0.1) is 5.82 Å². The molecule has 8 nitrogen and oxygen atoms in total. The molecule has 31 heavy (non-hydrogen) atoms. The Bertz CT molecular complexity index is 856. The van der Waals surface area contributed by atoms with Gasteiger partial charge in [-0.15, -0.1) is 24.0 Å². The van der Waals surface area contributed by atoms with Crippen molar-refractivity contribution in [1.29, 1.82) is 0 Å². The Balaban J connectivity index is 0.00000341. The predicted molar refractivity (Wildman–Crippen MR) is 126 cm³/mol. The quantitative estimate of drug-likeness (QED) is 0.328. The second kappa shape index (κ2) is 12.3. The number of hydrogen-bond acceptors (Lipinski definition) is 5. The average Bonchev–Trinajstić information content (AvgIpc) is 2.75. The molecule has 1 aliphatic heterocycles. The number of aliphatic imine (C=N–C) groups is 1. The van der Waals surface area contributed by atoms with E-state index in [0.29, 0.717) is 43.8 Å². The van der Waals surface area contributed by atoms with Crippen LogP contribution in [0.3, 0.4) is 0 Å². The van der Waals surface area contributed by atoms with Crippen molar-refractivity contribution in [3.8, 4) is 11.6 Å². The molecule has 1 aromatic carbocycles. The van der Waals surface area contributed by atoms with E-state index in [-0.39, 0.29) is 41.9 Å². The lowest BCUT2D eigenvalue weighted by Crippen LogP contribution is -2.48. The highest BCUT2D eigenvalue weighted by atomic mass is 127. The van der Waals surface area contributed by atoms with E-state index in [4.69, 9.17) is 15.2 Å². The van der Waals surface area contributed by atoms with Gasteiger partial charge in [-0.05, 0) is 49.6 Å². The summed E-state index contributed by atoms with van der Waals surface area (Å²) in [6.07, 6.45) is 2.96. The van der Waals surface area contributed by atoms with Gasteiger partial charge in [-0.1, -0.05) is 6.07 Å². The molecule has 10 heteroatoms. The van der Waals surface area contributed by atoms with Crippen molar-refractivity contribution in [3.63, 3.8) is 0 Å². The SMILES string of the molecule is CCOC(=O)N1CCC(NC(N)=NCc2ccc(Oc3ccc(F)cc3)nc2)CC1.I. The van der Waals surface area contributed by atoms with Gasteiger partial charge in [0.1, 0.15) is 11.6 Å². The second-order valence-electron chi connectivity index (χ2n) is 6.87. The van der Waals surface area contributed by atoms with E-state index in [9.17, 15) is 9.18 Å². The third kappa shape index (κ3) is 7.85. The number of piperidine rings is 1. The van der Waals surface area contributed by atoms with E-state index in [1.165, 1.54) is 12.1 Å². The van der Waals surface area contributed by atoms with E-state index < -0.39 is 0 Å². The van der Waals surface area contributed by atoms with Crippen LogP contribution in [-0.4, -0.2) is 47.7 Å². The third-order valence-electron chi connectivity index (χ3n) is 4.64. The molecule has 1 fully saturated rings. The number of nitrogens with zero attached hydrogens (tertiary/aromatic N) is 3. The van der Waals surface area contributed by atoms with Crippen LogP contribution in [0.4, 0.5) is 9.18 Å². The van der Waals surface area contributed by atoms with Crippen LogP contribution in [0.2, 0.25) is 0 Å². The molecule has 2 aromatic rings. The standard InChI is InChI=1S/C21H26FN5O3.HI/c1-2-29-21(28)27-11-9-17(10-12-27)26-20(23)25-14-15-3-8-19(24-13-15)30-18-6-4-16(22)5-7-18;/h3-8,13,17H,2,9-12,14H2,1H3,(H3,23,25,26);1H. The number of guanidine groups is 1. The Labute approximate surface area is 198 Å². The van der Waals surface area contributed by atoms with Gasteiger partial charge in [0.15, 0.2) is 5.96 Å². The molecule has 0 atom stereocenters. The van der Waals surface area contributed by atoms with Crippen LogP contribution in [-0.2, 0) is 11.3 Å². The van der Waals surface area contributed by atoms with Gasteiger partial charge in [0.2, 0.25) is 5.88 Å². The number of ether oxygens (including phenoxy) is 2. The van der Waals surface area contributed by atoms with Crippen molar-refractivity contribution in [2.24, 2.45) is 10.7 Å².